The fraction of sp³-hybridized carbons (Fsp3) is 0.273. The summed E-state index contributed by atoms with van der Waals surface area (Å²) in [5, 5.41) is 0.749. The monoisotopic (exact) mass is 231 g/mol. The van der Waals surface area contributed by atoms with E-state index < -0.39 is 0 Å². The van der Waals surface area contributed by atoms with Gasteiger partial charge in [-0.1, -0.05) is 35.9 Å². The van der Waals surface area contributed by atoms with Gasteiger partial charge in [0, 0.05) is 11.1 Å². The minimum atomic E-state index is 0. The van der Waals surface area contributed by atoms with E-state index in [0.717, 1.165) is 23.4 Å². The van der Waals surface area contributed by atoms with E-state index in [4.69, 9.17) is 17.3 Å². The van der Waals surface area contributed by atoms with Crippen LogP contribution in [-0.2, 0) is 0 Å². The van der Waals surface area contributed by atoms with Crippen LogP contribution < -0.4 is 5.73 Å². The highest BCUT2D eigenvalue weighted by atomic mass is 35.5. The Labute approximate surface area is 96.4 Å². The van der Waals surface area contributed by atoms with Crippen molar-refractivity contribution < 1.29 is 0 Å². The third-order valence-corrected chi connectivity index (χ3v) is 2.33. The molecule has 1 aromatic carbocycles. The lowest BCUT2D eigenvalue weighted by Crippen LogP contribution is -2.10. The van der Waals surface area contributed by atoms with Gasteiger partial charge in [0.25, 0.3) is 0 Å². The van der Waals surface area contributed by atoms with Gasteiger partial charge in [-0.15, -0.1) is 19.0 Å². The van der Waals surface area contributed by atoms with E-state index in [1.807, 2.05) is 30.3 Å². The summed E-state index contributed by atoms with van der Waals surface area (Å²) in [6.07, 6.45) is 3.69. The van der Waals surface area contributed by atoms with Crippen LogP contribution in [0.5, 0.6) is 0 Å². The Bertz CT molecular complexity index is 286. The van der Waals surface area contributed by atoms with E-state index in [2.05, 4.69) is 6.58 Å². The lowest BCUT2D eigenvalue weighted by Gasteiger charge is -2.11. The first-order chi connectivity index (χ1) is 6.25. The van der Waals surface area contributed by atoms with E-state index in [0.29, 0.717) is 0 Å². The van der Waals surface area contributed by atoms with Crippen molar-refractivity contribution in [2.24, 2.45) is 5.73 Å². The van der Waals surface area contributed by atoms with Crippen molar-refractivity contribution in [1.82, 2.24) is 0 Å². The molecule has 0 saturated heterocycles. The average molecular weight is 232 g/mol. The largest absolute Gasteiger partial charge is 0.324 e. The summed E-state index contributed by atoms with van der Waals surface area (Å²) in [5.41, 5.74) is 6.97. The SMILES string of the molecule is C=CCC[C@@H](N)c1ccccc1Cl.Cl. The highest BCUT2D eigenvalue weighted by Crippen LogP contribution is 2.23. The van der Waals surface area contributed by atoms with Crippen molar-refractivity contribution >= 4 is 24.0 Å². The van der Waals surface area contributed by atoms with Gasteiger partial charge in [0.15, 0.2) is 0 Å². The molecule has 0 aliphatic carbocycles. The number of halogens is 2. The molecule has 78 valence electrons. The minimum absolute atomic E-state index is 0. The smallest absolute Gasteiger partial charge is 0.0453 e. The third kappa shape index (κ3) is 3.70. The summed E-state index contributed by atoms with van der Waals surface area (Å²) in [4.78, 5) is 0. The zero-order chi connectivity index (χ0) is 9.68. The molecule has 0 aliphatic rings. The standard InChI is InChI=1S/C11H14ClN.ClH/c1-2-3-8-11(13)9-6-4-5-7-10(9)12;/h2,4-7,11H,1,3,8,13H2;1H/t11-;/m1./s1. The molecule has 0 radical (unpaired) electrons. The molecule has 0 spiro atoms. The molecule has 0 amide bonds. The van der Waals surface area contributed by atoms with Gasteiger partial charge in [-0.2, -0.15) is 0 Å². The first-order valence-corrected chi connectivity index (χ1v) is 4.74. The molecule has 1 atom stereocenters. The van der Waals surface area contributed by atoms with E-state index in [1.54, 1.807) is 0 Å². The van der Waals surface area contributed by atoms with Gasteiger partial charge in [0.1, 0.15) is 0 Å². The van der Waals surface area contributed by atoms with Crippen molar-refractivity contribution in [1.29, 1.82) is 0 Å². The Kier molecular flexibility index (Phi) is 6.64. The molecule has 0 saturated carbocycles. The molecule has 2 N–H and O–H groups in total. The third-order valence-electron chi connectivity index (χ3n) is 1.99. The zero-order valence-electron chi connectivity index (χ0n) is 7.95. The van der Waals surface area contributed by atoms with E-state index >= 15 is 0 Å². The molecule has 14 heavy (non-hydrogen) atoms. The Hall–Kier alpha value is -0.500. The van der Waals surface area contributed by atoms with Crippen LogP contribution >= 0.6 is 24.0 Å². The van der Waals surface area contributed by atoms with Gasteiger partial charge in [0.2, 0.25) is 0 Å². The summed E-state index contributed by atoms with van der Waals surface area (Å²) >= 11 is 5.99. The molecule has 1 rings (SSSR count). The second-order valence-corrected chi connectivity index (χ2v) is 3.40. The van der Waals surface area contributed by atoms with E-state index in [1.165, 1.54) is 0 Å². The van der Waals surface area contributed by atoms with Gasteiger partial charge in [-0.3, -0.25) is 0 Å². The maximum Gasteiger partial charge on any atom is 0.0453 e. The van der Waals surface area contributed by atoms with Gasteiger partial charge >= 0.3 is 0 Å². The molecule has 0 fully saturated rings. The van der Waals surface area contributed by atoms with Crippen LogP contribution in [0, 0.1) is 0 Å². The second kappa shape index (κ2) is 6.88. The minimum Gasteiger partial charge on any atom is -0.324 e. The van der Waals surface area contributed by atoms with Crippen molar-refractivity contribution in [2.75, 3.05) is 0 Å². The Balaban J connectivity index is 0.00000169. The van der Waals surface area contributed by atoms with Crippen molar-refractivity contribution in [3.05, 3.63) is 47.5 Å². The Morgan fingerprint density at radius 1 is 1.43 bits per heavy atom. The second-order valence-electron chi connectivity index (χ2n) is 2.99. The van der Waals surface area contributed by atoms with Crippen LogP contribution in [0.2, 0.25) is 5.02 Å². The number of hydrogen-bond acceptors (Lipinski definition) is 1. The number of allylic oxidation sites excluding steroid dienone is 1. The summed E-state index contributed by atoms with van der Waals surface area (Å²) < 4.78 is 0. The molecule has 3 heteroatoms. The molecule has 1 aromatic rings. The maximum absolute atomic E-state index is 5.99. The lowest BCUT2D eigenvalue weighted by molar-refractivity contribution is 0.662. The normalized spacial score (nSPS) is 11.6. The number of hydrogen-bond donors (Lipinski definition) is 1. The zero-order valence-corrected chi connectivity index (χ0v) is 9.52. The molecular formula is C11H15Cl2N. The van der Waals surface area contributed by atoms with Gasteiger partial charge in [-0.25, -0.2) is 0 Å². The first kappa shape index (κ1) is 13.5. The van der Waals surface area contributed by atoms with Crippen LogP contribution in [0.1, 0.15) is 24.4 Å². The van der Waals surface area contributed by atoms with Crippen molar-refractivity contribution in [3.8, 4) is 0 Å². The highest BCUT2D eigenvalue weighted by molar-refractivity contribution is 6.31. The van der Waals surface area contributed by atoms with Crippen LogP contribution in [0.25, 0.3) is 0 Å². The van der Waals surface area contributed by atoms with Gasteiger partial charge < -0.3 is 5.73 Å². The summed E-state index contributed by atoms with van der Waals surface area (Å²) in [6, 6.07) is 7.72. The van der Waals surface area contributed by atoms with Crippen molar-refractivity contribution in [2.45, 2.75) is 18.9 Å². The first-order valence-electron chi connectivity index (χ1n) is 4.36. The van der Waals surface area contributed by atoms with Gasteiger partial charge in [-0.05, 0) is 24.5 Å². The maximum atomic E-state index is 5.99. The van der Waals surface area contributed by atoms with E-state index in [-0.39, 0.29) is 18.4 Å². The van der Waals surface area contributed by atoms with Gasteiger partial charge in [0.05, 0.1) is 0 Å². The predicted molar refractivity (Wildman–Crippen MR) is 65.1 cm³/mol. The summed E-state index contributed by atoms with van der Waals surface area (Å²) in [7, 11) is 0. The Morgan fingerprint density at radius 3 is 2.64 bits per heavy atom. The van der Waals surface area contributed by atoms with Crippen molar-refractivity contribution in [3.63, 3.8) is 0 Å². The van der Waals surface area contributed by atoms with E-state index in [9.17, 15) is 0 Å². The fourth-order valence-electron chi connectivity index (χ4n) is 1.23. The lowest BCUT2D eigenvalue weighted by atomic mass is 10.0. The molecule has 0 unspecified atom stereocenters. The number of nitrogens with two attached hydrogens (primary N) is 1. The Morgan fingerprint density at radius 2 is 2.07 bits per heavy atom. The fourth-order valence-corrected chi connectivity index (χ4v) is 1.50. The molecule has 0 aromatic heterocycles. The summed E-state index contributed by atoms with van der Waals surface area (Å²) in [6.45, 7) is 3.66. The van der Waals surface area contributed by atoms with Crippen LogP contribution in [0.4, 0.5) is 0 Å². The quantitative estimate of drug-likeness (QED) is 0.786. The molecule has 0 aliphatic heterocycles. The molecule has 0 heterocycles. The number of rotatable bonds is 4. The average Bonchev–Trinajstić information content (AvgIpc) is 2.15. The highest BCUT2D eigenvalue weighted by Gasteiger charge is 2.07. The summed E-state index contributed by atoms with van der Waals surface area (Å²) in [5.74, 6) is 0. The molecular weight excluding hydrogens is 217 g/mol. The predicted octanol–water partition coefficient (Wildman–Crippen LogP) is 3.73. The topological polar surface area (TPSA) is 26.0 Å². The molecule has 1 nitrogen and oxygen atoms in total. The molecule has 0 bridgehead atoms. The number of benzene rings is 1. The van der Waals surface area contributed by atoms with Crippen LogP contribution in [-0.4, -0.2) is 0 Å². The van der Waals surface area contributed by atoms with Crippen LogP contribution in [0.15, 0.2) is 36.9 Å². The van der Waals surface area contributed by atoms with Crippen LogP contribution in [0.3, 0.4) is 0 Å².